The Labute approximate surface area is 156 Å². The molecule has 0 saturated carbocycles. The molecule has 27 heavy (non-hydrogen) atoms. The van der Waals surface area contributed by atoms with Gasteiger partial charge in [0.2, 0.25) is 5.95 Å². The van der Waals surface area contributed by atoms with E-state index >= 15 is 0 Å². The summed E-state index contributed by atoms with van der Waals surface area (Å²) in [5, 5.41) is 8.18. The number of aromatic nitrogens is 5. The summed E-state index contributed by atoms with van der Waals surface area (Å²) in [4.78, 5) is 12.4. The fourth-order valence-corrected chi connectivity index (χ4v) is 3.34. The van der Waals surface area contributed by atoms with Crippen molar-refractivity contribution in [2.75, 3.05) is 11.5 Å². The highest BCUT2D eigenvalue weighted by Crippen LogP contribution is 2.30. The zero-order valence-corrected chi connectivity index (χ0v) is 14.9. The Morgan fingerprint density at radius 2 is 1.74 bits per heavy atom. The van der Waals surface area contributed by atoms with Gasteiger partial charge in [0.15, 0.2) is 5.82 Å². The molecule has 0 atom stereocenters. The van der Waals surface area contributed by atoms with Gasteiger partial charge in [-0.25, -0.2) is 9.97 Å². The van der Waals surface area contributed by atoms with Crippen LogP contribution >= 0.6 is 0 Å². The molecule has 0 radical (unpaired) electrons. The lowest BCUT2D eigenvalue weighted by Gasteiger charge is -2.08. The number of benzene rings is 1. The van der Waals surface area contributed by atoms with E-state index in [1.54, 1.807) is 6.20 Å². The van der Waals surface area contributed by atoms with E-state index in [0.717, 1.165) is 47.8 Å². The third kappa shape index (κ3) is 3.72. The number of anilines is 2. The molecule has 4 aromatic rings. The first-order valence-corrected chi connectivity index (χ1v) is 8.95. The number of nitrogen functional groups attached to an aromatic ring is 2. The number of pyridine rings is 1. The molecule has 4 rings (SSSR count). The predicted octanol–water partition coefficient (Wildman–Crippen LogP) is 3.14. The maximum atomic E-state index is 6.09. The molecular weight excluding hydrogens is 338 g/mol. The average Bonchev–Trinajstić information content (AvgIpc) is 3.07. The molecule has 0 bridgehead atoms. The number of fused-ring (bicyclic) bond motifs is 1. The molecule has 0 fully saturated rings. The van der Waals surface area contributed by atoms with Gasteiger partial charge in [-0.15, -0.1) is 0 Å². The molecule has 3 aromatic heterocycles. The molecular formula is C20H21N7. The number of rotatable bonds is 6. The predicted molar refractivity (Wildman–Crippen MR) is 107 cm³/mol. The van der Waals surface area contributed by atoms with Crippen LogP contribution in [0.1, 0.15) is 24.0 Å². The lowest BCUT2D eigenvalue weighted by atomic mass is 9.98. The molecule has 0 aliphatic heterocycles. The number of hydrogen-bond acceptors (Lipinski definition) is 6. The van der Waals surface area contributed by atoms with Gasteiger partial charge in [-0.3, -0.25) is 10.1 Å². The summed E-state index contributed by atoms with van der Waals surface area (Å²) in [6, 6.07) is 10.1. The van der Waals surface area contributed by atoms with Crippen LogP contribution in [0.25, 0.3) is 22.2 Å². The first kappa shape index (κ1) is 17.0. The standard InChI is InChI=1S/C20H21N7/c21-19-18-14(4-2-1-3-13-5-8-23-9-6-13)11-15(12-17(18)26-27-19)16-7-10-24-20(22)25-16/h5-12H,1-4H2,(H3,21,26,27)(H2,22,24,25). The highest BCUT2D eigenvalue weighted by Gasteiger charge is 2.12. The molecule has 7 heteroatoms. The SMILES string of the molecule is Nc1nccc(-c2cc(CCCCc3ccncc3)c3c(N)n[nH]c3c2)n1. The largest absolute Gasteiger partial charge is 0.382 e. The van der Waals surface area contributed by atoms with Crippen LogP contribution in [-0.4, -0.2) is 25.1 Å². The second kappa shape index (κ2) is 7.41. The van der Waals surface area contributed by atoms with Gasteiger partial charge in [0.05, 0.1) is 11.2 Å². The fourth-order valence-electron chi connectivity index (χ4n) is 3.34. The molecule has 136 valence electrons. The van der Waals surface area contributed by atoms with E-state index in [9.17, 15) is 0 Å². The van der Waals surface area contributed by atoms with Crippen LogP contribution in [0, 0.1) is 0 Å². The van der Waals surface area contributed by atoms with Crippen molar-refractivity contribution in [1.82, 2.24) is 25.1 Å². The van der Waals surface area contributed by atoms with Crippen LogP contribution in [0.5, 0.6) is 0 Å². The van der Waals surface area contributed by atoms with Crippen molar-refractivity contribution in [3.8, 4) is 11.3 Å². The molecule has 0 spiro atoms. The molecule has 0 saturated heterocycles. The lowest BCUT2D eigenvalue weighted by Crippen LogP contribution is -1.97. The summed E-state index contributed by atoms with van der Waals surface area (Å²) in [5.74, 6) is 0.790. The minimum absolute atomic E-state index is 0.260. The van der Waals surface area contributed by atoms with Crippen molar-refractivity contribution in [3.63, 3.8) is 0 Å². The summed E-state index contributed by atoms with van der Waals surface area (Å²) < 4.78 is 0. The minimum atomic E-state index is 0.260. The van der Waals surface area contributed by atoms with E-state index < -0.39 is 0 Å². The number of H-pyrrole nitrogens is 1. The number of aryl methyl sites for hydroxylation is 2. The summed E-state index contributed by atoms with van der Waals surface area (Å²) in [7, 11) is 0. The monoisotopic (exact) mass is 359 g/mol. The van der Waals surface area contributed by atoms with Gasteiger partial charge >= 0.3 is 0 Å². The maximum Gasteiger partial charge on any atom is 0.220 e. The molecule has 5 N–H and O–H groups in total. The summed E-state index contributed by atoms with van der Waals surface area (Å²) in [5.41, 5.74) is 17.0. The first-order chi connectivity index (χ1) is 13.2. The molecule has 1 aromatic carbocycles. The quantitative estimate of drug-likeness (QED) is 0.455. The Morgan fingerprint density at radius 3 is 2.56 bits per heavy atom. The van der Waals surface area contributed by atoms with Crippen molar-refractivity contribution >= 4 is 22.7 Å². The smallest absolute Gasteiger partial charge is 0.220 e. The Kier molecular flexibility index (Phi) is 4.65. The van der Waals surface area contributed by atoms with Gasteiger partial charge in [-0.05, 0) is 67.1 Å². The summed E-state index contributed by atoms with van der Waals surface area (Å²) in [6.07, 6.45) is 9.43. The third-order valence-electron chi connectivity index (χ3n) is 4.65. The number of aromatic amines is 1. The number of nitrogens with two attached hydrogens (primary N) is 2. The number of nitrogens with one attached hydrogen (secondary N) is 1. The summed E-state index contributed by atoms with van der Waals surface area (Å²) in [6.45, 7) is 0. The van der Waals surface area contributed by atoms with Crippen LogP contribution in [0.3, 0.4) is 0 Å². The van der Waals surface area contributed by atoms with Crippen molar-refractivity contribution in [2.24, 2.45) is 0 Å². The van der Waals surface area contributed by atoms with Crippen molar-refractivity contribution in [3.05, 3.63) is 60.0 Å². The van der Waals surface area contributed by atoms with Gasteiger partial charge < -0.3 is 11.5 Å². The molecule has 7 nitrogen and oxygen atoms in total. The van der Waals surface area contributed by atoms with Gasteiger partial charge in [-0.1, -0.05) is 0 Å². The van der Waals surface area contributed by atoms with Crippen molar-refractivity contribution < 1.29 is 0 Å². The topological polar surface area (TPSA) is 119 Å². The van der Waals surface area contributed by atoms with Gasteiger partial charge in [-0.2, -0.15) is 5.10 Å². The lowest BCUT2D eigenvalue weighted by molar-refractivity contribution is 0.736. The van der Waals surface area contributed by atoms with Gasteiger partial charge in [0, 0.05) is 29.5 Å². The highest BCUT2D eigenvalue weighted by molar-refractivity contribution is 5.94. The highest BCUT2D eigenvalue weighted by atomic mass is 15.1. The number of unbranched alkanes of at least 4 members (excludes halogenated alkanes) is 1. The molecule has 0 unspecified atom stereocenters. The minimum Gasteiger partial charge on any atom is -0.382 e. The third-order valence-corrected chi connectivity index (χ3v) is 4.65. The average molecular weight is 359 g/mol. The normalized spacial score (nSPS) is 11.1. The van der Waals surface area contributed by atoms with E-state index in [1.165, 1.54) is 11.1 Å². The fraction of sp³-hybridized carbons (Fsp3) is 0.200. The van der Waals surface area contributed by atoms with Crippen LogP contribution in [0.2, 0.25) is 0 Å². The van der Waals surface area contributed by atoms with E-state index in [1.807, 2.05) is 24.5 Å². The van der Waals surface area contributed by atoms with E-state index in [-0.39, 0.29) is 5.95 Å². The van der Waals surface area contributed by atoms with E-state index in [0.29, 0.717) is 5.82 Å². The van der Waals surface area contributed by atoms with E-state index in [2.05, 4.69) is 43.3 Å². The van der Waals surface area contributed by atoms with Crippen molar-refractivity contribution in [1.29, 1.82) is 0 Å². The van der Waals surface area contributed by atoms with Crippen LogP contribution in [-0.2, 0) is 12.8 Å². The Hall–Kier alpha value is -3.48. The first-order valence-electron chi connectivity index (χ1n) is 8.95. The summed E-state index contributed by atoms with van der Waals surface area (Å²) >= 11 is 0. The Morgan fingerprint density at radius 1 is 0.926 bits per heavy atom. The number of nitrogens with zero attached hydrogens (tertiary/aromatic N) is 4. The maximum absolute atomic E-state index is 6.09. The molecule has 0 amide bonds. The second-order valence-corrected chi connectivity index (χ2v) is 6.53. The Bertz CT molecular complexity index is 1060. The zero-order chi connectivity index (χ0) is 18.6. The molecule has 0 aliphatic carbocycles. The second-order valence-electron chi connectivity index (χ2n) is 6.53. The zero-order valence-electron chi connectivity index (χ0n) is 14.9. The molecule has 0 aliphatic rings. The van der Waals surface area contributed by atoms with Gasteiger partial charge in [0.25, 0.3) is 0 Å². The van der Waals surface area contributed by atoms with Crippen LogP contribution in [0.15, 0.2) is 48.9 Å². The van der Waals surface area contributed by atoms with E-state index in [4.69, 9.17) is 11.5 Å². The Balaban J connectivity index is 1.57. The van der Waals surface area contributed by atoms with Gasteiger partial charge in [0.1, 0.15) is 0 Å². The number of hydrogen-bond donors (Lipinski definition) is 3. The van der Waals surface area contributed by atoms with Crippen LogP contribution in [0.4, 0.5) is 11.8 Å². The molecule has 3 heterocycles. The van der Waals surface area contributed by atoms with Crippen LogP contribution < -0.4 is 11.5 Å². The van der Waals surface area contributed by atoms with Crippen molar-refractivity contribution in [2.45, 2.75) is 25.7 Å².